The van der Waals surface area contributed by atoms with Gasteiger partial charge in [-0.05, 0) is 47.0 Å². The molecule has 25 heavy (non-hydrogen) atoms. The number of carbonyl (C=O) groups excluding carboxylic acids is 2. The molecule has 0 N–H and O–H groups in total. The highest BCUT2D eigenvalue weighted by atomic mass is 35.5. The van der Waals surface area contributed by atoms with Crippen LogP contribution in [0.4, 0.5) is 4.79 Å². The zero-order valence-corrected chi connectivity index (χ0v) is 16.8. The minimum Gasteiger partial charge on any atom is -0.469 e. The van der Waals surface area contributed by atoms with Crippen LogP contribution >= 0.6 is 11.6 Å². The van der Waals surface area contributed by atoms with E-state index in [2.05, 4.69) is 6.58 Å². The van der Waals surface area contributed by atoms with Crippen molar-refractivity contribution < 1.29 is 23.8 Å². The number of allylic oxidation sites excluding steroid dienone is 1. The summed E-state index contributed by atoms with van der Waals surface area (Å²) in [6.07, 6.45) is 0.184. The van der Waals surface area contributed by atoms with Crippen LogP contribution in [0.15, 0.2) is 12.2 Å². The number of hydrogen-bond acceptors (Lipinski definition) is 5. The monoisotopic (exact) mass is 375 g/mol. The molecule has 6 nitrogen and oxygen atoms in total. The van der Waals surface area contributed by atoms with Crippen molar-refractivity contribution in [2.24, 2.45) is 5.92 Å². The van der Waals surface area contributed by atoms with Gasteiger partial charge in [0, 0.05) is 5.88 Å². The predicted octanol–water partition coefficient (Wildman–Crippen LogP) is 3.72. The largest absolute Gasteiger partial charge is 0.469 e. The topological polar surface area (TPSA) is 65.1 Å². The van der Waals surface area contributed by atoms with Crippen molar-refractivity contribution in [3.8, 4) is 0 Å². The summed E-state index contributed by atoms with van der Waals surface area (Å²) in [6, 6.07) is -0.330. The number of alkyl halides is 1. The summed E-state index contributed by atoms with van der Waals surface area (Å²) in [5.41, 5.74) is -0.661. The van der Waals surface area contributed by atoms with Gasteiger partial charge in [0.25, 0.3) is 0 Å². The van der Waals surface area contributed by atoms with E-state index in [4.69, 9.17) is 25.8 Å². The van der Waals surface area contributed by atoms with Gasteiger partial charge >= 0.3 is 12.1 Å². The molecular weight excluding hydrogens is 346 g/mol. The van der Waals surface area contributed by atoms with E-state index in [1.807, 2.05) is 34.6 Å². The standard InChI is InChI=1S/C18H30ClNO5/c1-12(10-19)8-13(9-15(21)23-7)14-11-24-18(5,6)20(14)16(22)25-17(2,3)4/h13-14H,1,8-11H2,2-7H3/t13-,14+/m0/s1. The minimum absolute atomic E-state index is 0.149. The molecule has 0 saturated carbocycles. The first-order chi connectivity index (χ1) is 11.4. The molecule has 0 unspecified atom stereocenters. The number of ether oxygens (including phenoxy) is 3. The lowest BCUT2D eigenvalue weighted by molar-refractivity contribution is -0.142. The van der Waals surface area contributed by atoms with Gasteiger partial charge < -0.3 is 14.2 Å². The maximum absolute atomic E-state index is 12.8. The van der Waals surface area contributed by atoms with Gasteiger partial charge in [0.15, 0.2) is 0 Å². The van der Waals surface area contributed by atoms with E-state index < -0.39 is 17.4 Å². The van der Waals surface area contributed by atoms with E-state index in [0.717, 1.165) is 5.57 Å². The number of rotatable bonds is 6. The first-order valence-electron chi connectivity index (χ1n) is 8.37. The zero-order chi connectivity index (χ0) is 19.4. The molecule has 1 heterocycles. The van der Waals surface area contributed by atoms with Crippen LogP contribution in [0.5, 0.6) is 0 Å². The lowest BCUT2D eigenvalue weighted by Gasteiger charge is -2.37. The Morgan fingerprint density at radius 3 is 2.44 bits per heavy atom. The van der Waals surface area contributed by atoms with Crippen LogP contribution in [0.25, 0.3) is 0 Å². The number of esters is 1. The maximum atomic E-state index is 12.8. The molecule has 0 radical (unpaired) electrons. The summed E-state index contributed by atoms with van der Waals surface area (Å²) < 4.78 is 16.2. The highest BCUT2D eigenvalue weighted by molar-refractivity contribution is 6.19. The van der Waals surface area contributed by atoms with E-state index in [9.17, 15) is 9.59 Å². The second-order valence-corrected chi connectivity index (χ2v) is 8.07. The molecule has 1 fully saturated rings. The molecule has 7 heteroatoms. The summed E-state index contributed by atoms with van der Waals surface area (Å²) in [7, 11) is 1.34. The van der Waals surface area contributed by atoms with Crippen molar-refractivity contribution in [1.82, 2.24) is 4.90 Å². The summed E-state index contributed by atoms with van der Waals surface area (Å²) >= 11 is 5.86. The van der Waals surface area contributed by atoms with Gasteiger partial charge in [-0.15, -0.1) is 11.6 Å². The Hall–Kier alpha value is -1.27. The highest BCUT2D eigenvalue weighted by Crippen LogP contribution is 2.36. The molecule has 1 rings (SSSR count). The number of nitrogens with zero attached hydrogens (tertiary/aromatic N) is 1. The van der Waals surface area contributed by atoms with Crippen LogP contribution in [0.2, 0.25) is 0 Å². The quantitative estimate of drug-likeness (QED) is 0.402. The Bertz CT molecular complexity index is 494. The highest BCUT2D eigenvalue weighted by Gasteiger charge is 2.48. The Balaban J connectivity index is 3.10. The first kappa shape index (κ1) is 21.8. The fourth-order valence-corrected chi connectivity index (χ4v) is 3.02. The van der Waals surface area contributed by atoms with Gasteiger partial charge in [-0.2, -0.15) is 0 Å². The Labute approximate surface area is 155 Å². The average Bonchev–Trinajstić information content (AvgIpc) is 2.79. The van der Waals surface area contributed by atoms with Crippen LogP contribution in [0, 0.1) is 5.92 Å². The summed E-state index contributed by atoms with van der Waals surface area (Å²) in [6.45, 7) is 13.3. The number of methoxy groups -OCH3 is 1. The minimum atomic E-state index is -0.830. The van der Waals surface area contributed by atoms with E-state index in [0.29, 0.717) is 18.9 Å². The number of halogens is 1. The van der Waals surface area contributed by atoms with Crippen molar-refractivity contribution in [1.29, 1.82) is 0 Å². The Kier molecular flexibility index (Phi) is 7.32. The average molecular weight is 376 g/mol. The molecule has 0 aliphatic carbocycles. The molecule has 1 aliphatic rings. The van der Waals surface area contributed by atoms with E-state index >= 15 is 0 Å². The molecule has 1 aliphatic heterocycles. The summed E-state index contributed by atoms with van der Waals surface area (Å²) in [5, 5.41) is 0. The molecular formula is C18H30ClNO5. The van der Waals surface area contributed by atoms with Gasteiger partial charge in [-0.1, -0.05) is 12.2 Å². The van der Waals surface area contributed by atoms with Gasteiger partial charge in [0.1, 0.15) is 11.3 Å². The predicted molar refractivity (Wildman–Crippen MR) is 96.5 cm³/mol. The van der Waals surface area contributed by atoms with Gasteiger partial charge in [-0.25, -0.2) is 4.79 Å². The molecule has 1 saturated heterocycles. The second kappa shape index (κ2) is 8.41. The van der Waals surface area contributed by atoms with Crippen LogP contribution in [-0.4, -0.2) is 53.9 Å². The van der Waals surface area contributed by atoms with Gasteiger partial charge in [0.05, 0.1) is 26.2 Å². The van der Waals surface area contributed by atoms with Crippen molar-refractivity contribution in [2.75, 3.05) is 19.6 Å². The second-order valence-electron chi connectivity index (χ2n) is 7.80. The van der Waals surface area contributed by atoms with Crippen molar-refractivity contribution in [3.63, 3.8) is 0 Å². The third kappa shape index (κ3) is 6.19. The third-order valence-electron chi connectivity index (χ3n) is 4.05. The Morgan fingerprint density at radius 2 is 1.96 bits per heavy atom. The van der Waals surface area contributed by atoms with E-state index in [1.165, 1.54) is 7.11 Å². The van der Waals surface area contributed by atoms with Gasteiger partial charge in [-0.3, -0.25) is 9.69 Å². The number of amides is 1. The van der Waals surface area contributed by atoms with E-state index in [-0.39, 0.29) is 24.3 Å². The molecule has 0 aromatic rings. The summed E-state index contributed by atoms with van der Waals surface area (Å²) in [5.74, 6) is -0.268. The molecule has 144 valence electrons. The first-order valence-corrected chi connectivity index (χ1v) is 8.90. The molecule has 0 spiro atoms. The van der Waals surface area contributed by atoms with Crippen LogP contribution in [-0.2, 0) is 19.0 Å². The van der Waals surface area contributed by atoms with Crippen LogP contribution in [0.1, 0.15) is 47.5 Å². The van der Waals surface area contributed by atoms with Crippen molar-refractivity contribution >= 4 is 23.7 Å². The van der Waals surface area contributed by atoms with Crippen molar-refractivity contribution in [2.45, 2.75) is 64.8 Å². The fraction of sp³-hybridized carbons (Fsp3) is 0.778. The lowest BCUT2D eigenvalue weighted by Crippen LogP contribution is -2.52. The molecule has 0 bridgehead atoms. The number of carbonyl (C=O) groups is 2. The molecule has 2 atom stereocenters. The molecule has 1 amide bonds. The van der Waals surface area contributed by atoms with Crippen molar-refractivity contribution in [3.05, 3.63) is 12.2 Å². The maximum Gasteiger partial charge on any atom is 0.412 e. The van der Waals surface area contributed by atoms with Crippen LogP contribution < -0.4 is 0 Å². The molecule has 0 aromatic heterocycles. The van der Waals surface area contributed by atoms with E-state index in [1.54, 1.807) is 4.90 Å². The normalized spacial score (nSPS) is 20.9. The third-order valence-corrected chi connectivity index (χ3v) is 4.43. The zero-order valence-electron chi connectivity index (χ0n) is 16.1. The Morgan fingerprint density at radius 1 is 1.36 bits per heavy atom. The lowest BCUT2D eigenvalue weighted by atomic mass is 9.89. The number of hydrogen-bond donors (Lipinski definition) is 0. The molecule has 0 aromatic carbocycles. The smallest absolute Gasteiger partial charge is 0.412 e. The van der Waals surface area contributed by atoms with Gasteiger partial charge in [0.2, 0.25) is 0 Å². The van der Waals surface area contributed by atoms with Crippen LogP contribution in [0.3, 0.4) is 0 Å². The SMILES string of the molecule is C=C(CCl)C[C@@H](CC(=O)OC)[C@H]1COC(C)(C)N1C(=O)OC(C)(C)C. The fourth-order valence-electron chi connectivity index (χ4n) is 2.91. The summed E-state index contributed by atoms with van der Waals surface area (Å²) in [4.78, 5) is 26.2.